The van der Waals surface area contributed by atoms with Crippen molar-refractivity contribution in [3.05, 3.63) is 102 Å². The second kappa shape index (κ2) is 15.8. The largest absolute Gasteiger partial charge is 0.347 e. The highest BCUT2D eigenvalue weighted by atomic mass is 19.1. The van der Waals surface area contributed by atoms with Crippen LogP contribution in [0.5, 0.6) is 0 Å². The first-order chi connectivity index (χ1) is 24.2. The fourth-order valence-electron chi connectivity index (χ4n) is 6.11. The molecule has 0 unspecified atom stereocenters. The zero-order chi connectivity index (χ0) is 36.9. The van der Waals surface area contributed by atoms with Crippen LogP contribution in [-0.4, -0.2) is 98.6 Å². The van der Waals surface area contributed by atoms with Gasteiger partial charge in [0.25, 0.3) is 11.8 Å². The lowest BCUT2D eigenvalue weighted by Gasteiger charge is -2.37. The van der Waals surface area contributed by atoms with E-state index in [1.165, 1.54) is 28.9 Å². The van der Waals surface area contributed by atoms with Crippen molar-refractivity contribution in [3.8, 4) is 0 Å². The maximum Gasteiger partial charge on any atom is 0.274 e. The van der Waals surface area contributed by atoms with E-state index in [1.54, 1.807) is 60.2 Å². The summed E-state index contributed by atoms with van der Waals surface area (Å²) in [5.41, 5.74) is 0.590. The van der Waals surface area contributed by atoms with E-state index >= 15 is 0 Å². The Morgan fingerprint density at radius 2 is 1.71 bits per heavy atom. The molecule has 0 bridgehead atoms. The van der Waals surface area contributed by atoms with Crippen molar-refractivity contribution in [2.24, 2.45) is 5.41 Å². The van der Waals surface area contributed by atoms with Crippen LogP contribution in [0.25, 0.3) is 5.78 Å². The zero-order valence-corrected chi connectivity index (χ0v) is 29.4. The lowest BCUT2D eigenvalue weighted by Crippen LogP contribution is -2.59. The number of likely N-dealkylation sites (N-methyl/N-ethyl adjacent to an activating group) is 1. The predicted octanol–water partition coefficient (Wildman–Crippen LogP) is 3.23. The molecule has 4 aromatic rings. The van der Waals surface area contributed by atoms with Gasteiger partial charge in [0, 0.05) is 43.6 Å². The van der Waals surface area contributed by atoms with Crippen molar-refractivity contribution < 1.29 is 28.0 Å². The molecule has 0 spiro atoms. The molecule has 1 aliphatic heterocycles. The third-order valence-electron chi connectivity index (χ3n) is 9.09. The highest BCUT2D eigenvalue weighted by molar-refractivity contribution is 5.95. The van der Waals surface area contributed by atoms with Gasteiger partial charge in [0.15, 0.2) is 5.82 Å². The van der Waals surface area contributed by atoms with Crippen LogP contribution in [0.15, 0.2) is 73.2 Å². The molecule has 3 N–H and O–H groups in total. The first-order valence-electron chi connectivity index (χ1n) is 16.9. The number of rotatable bonds is 12. The van der Waals surface area contributed by atoms with E-state index in [1.807, 2.05) is 26.8 Å². The number of imidazole rings is 1. The van der Waals surface area contributed by atoms with E-state index in [9.17, 15) is 28.0 Å². The number of amides is 4. The van der Waals surface area contributed by atoms with Crippen LogP contribution < -0.4 is 16.0 Å². The minimum atomic E-state index is -0.922. The number of hydrogen-bond acceptors (Lipinski definition) is 7. The van der Waals surface area contributed by atoms with Crippen LogP contribution in [-0.2, 0) is 16.0 Å². The number of aromatic nitrogens is 3. The Kier molecular flexibility index (Phi) is 11.4. The van der Waals surface area contributed by atoms with Gasteiger partial charge in [0.2, 0.25) is 17.6 Å². The number of likely N-dealkylation sites (tertiary alicyclic amines) is 1. The maximum atomic E-state index is 14.5. The molecule has 2 aromatic heterocycles. The number of halogens is 2. The standard InChI is InChI=1S/C37H44F2N8O4/c1-23(40-5)32(48)44-31(37(2,3)4)35(51)47-20-28(42-33(49)25-9-7-6-8-10-25)17-29(47)21-45(16-15-24-11-13-26(38)14-12-24)34(50)30-22-46-19-27(39)18-41-36(46)43-30/h6-14,18-19,22-23,28-29,31,40H,15-17,20-21H2,1-5H3,(H,42,49)(H,44,48)/t23-,28-,29-,31+/m0/s1. The first kappa shape index (κ1) is 37.0. The molecule has 0 radical (unpaired) electrons. The van der Waals surface area contributed by atoms with Crippen molar-refractivity contribution in [3.63, 3.8) is 0 Å². The SMILES string of the molecule is CN[C@@H](C)C(=O)N[C@H](C(=O)N1C[C@@H](NC(=O)c2ccccc2)C[C@H]1CN(CCc1ccc(F)cc1)C(=O)c1cn2cc(F)cnc2n1)C(C)(C)C. The Morgan fingerprint density at radius 3 is 2.37 bits per heavy atom. The molecule has 12 nitrogen and oxygen atoms in total. The minimum absolute atomic E-state index is 0.0258. The highest BCUT2D eigenvalue weighted by Gasteiger charge is 2.44. The van der Waals surface area contributed by atoms with Gasteiger partial charge >= 0.3 is 0 Å². The lowest BCUT2D eigenvalue weighted by atomic mass is 9.85. The van der Waals surface area contributed by atoms with E-state index in [0.717, 1.165) is 11.8 Å². The molecule has 270 valence electrons. The van der Waals surface area contributed by atoms with Crippen molar-refractivity contribution in [1.82, 2.24) is 40.1 Å². The molecule has 3 heterocycles. The molecular weight excluding hydrogens is 658 g/mol. The summed E-state index contributed by atoms with van der Waals surface area (Å²) in [5, 5.41) is 8.86. The second-order valence-corrected chi connectivity index (χ2v) is 14.0. The van der Waals surface area contributed by atoms with E-state index < -0.39 is 41.3 Å². The Hall–Kier alpha value is -5.24. The fraction of sp³-hybridized carbons (Fsp3) is 0.405. The summed E-state index contributed by atoms with van der Waals surface area (Å²) in [5.74, 6) is -2.31. The van der Waals surface area contributed by atoms with Gasteiger partial charge in [-0.15, -0.1) is 0 Å². The van der Waals surface area contributed by atoms with Gasteiger partial charge < -0.3 is 25.8 Å². The topological polar surface area (TPSA) is 141 Å². The van der Waals surface area contributed by atoms with E-state index in [-0.39, 0.29) is 54.6 Å². The Morgan fingerprint density at radius 1 is 1.00 bits per heavy atom. The Balaban J connectivity index is 1.47. The molecule has 1 saturated heterocycles. The zero-order valence-electron chi connectivity index (χ0n) is 29.4. The average molecular weight is 703 g/mol. The third-order valence-corrected chi connectivity index (χ3v) is 9.09. The summed E-state index contributed by atoms with van der Waals surface area (Å²) in [6.45, 7) is 7.65. The average Bonchev–Trinajstić information content (AvgIpc) is 3.72. The maximum absolute atomic E-state index is 14.5. The summed E-state index contributed by atoms with van der Waals surface area (Å²) < 4.78 is 28.9. The smallest absolute Gasteiger partial charge is 0.274 e. The van der Waals surface area contributed by atoms with Crippen molar-refractivity contribution in [2.45, 2.75) is 64.7 Å². The van der Waals surface area contributed by atoms with Crippen LogP contribution >= 0.6 is 0 Å². The third kappa shape index (κ3) is 9.11. The van der Waals surface area contributed by atoms with Crippen LogP contribution in [0.2, 0.25) is 0 Å². The number of fused-ring (bicyclic) bond motifs is 1. The van der Waals surface area contributed by atoms with Crippen molar-refractivity contribution in [1.29, 1.82) is 0 Å². The number of nitrogens with zero attached hydrogens (tertiary/aromatic N) is 5. The highest BCUT2D eigenvalue weighted by Crippen LogP contribution is 2.27. The summed E-state index contributed by atoms with van der Waals surface area (Å²) in [6, 6.07) is 12.2. The van der Waals surface area contributed by atoms with Crippen molar-refractivity contribution >= 4 is 29.4 Å². The van der Waals surface area contributed by atoms with Crippen LogP contribution in [0.3, 0.4) is 0 Å². The van der Waals surface area contributed by atoms with Gasteiger partial charge in [0.05, 0.1) is 18.3 Å². The molecule has 1 aliphatic rings. The fourth-order valence-corrected chi connectivity index (χ4v) is 6.11. The van der Waals surface area contributed by atoms with Crippen LogP contribution in [0.4, 0.5) is 8.78 Å². The molecule has 2 aromatic carbocycles. The molecule has 0 saturated carbocycles. The van der Waals surface area contributed by atoms with E-state index in [4.69, 9.17) is 0 Å². The number of carbonyl (C=O) groups is 4. The Bertz CT molecular complexity index is 1860. The Labute approximate surface area is 295 Å². The molecular formula is C37H44F2N8O4. The van der Waals surface area contributed by atoms with Crippen molar-refractivity contribution in [2.75, 3.05) is 26.7 Å². The van der Waals surface area contributed by atoms with Gasteiger partial charge in [-0.05, 0) is 62.1 Å². The number of hydrogen-bond donors (Lipinski definition) is 3. The number of benzene rings is 2. The minimum Gasteiger partial charge on any atom is -0.347 e. The molecule has 51 heavy (non-hydrogen) atoms. The predicted molar refractivity (Wildman–Crippen MR) is 187 cm³/mol. The number of nitrogens with one attached hydrogen (secondary N) is 3. The summed E-state index contributed by atoms with van der Waals surface area (Å²) >= 11 is 0. The summed E-state index contributed by atoms with van der Waals surface area (Å²) in [6.07, 6.45) is 4.26. The normalized spacial score (nSPS) is 17.2. The molecule has 4 atom stereocenters. The van der Waals surface area contributed by atoms with E-state index in [2.05, 4.69) is 25.9 Å². The molecule has 4 amide bonds. The van der Waals surface area contributed by atoms with Gasteiger partial charge in [-0.2, -0.15) is 0 Å². The monoisotopic (exact) mass is 702 g/mol. The number of carbonyl (C=O) groups excluding carboxylic acids is 4. The van der Waals surface area contributed by atoms with Gasteiger partial charge in [-0.1, -0.05) is 51.1 Å². The second-order valence-electron chi connectivity index (χ2n) is 14.0. The first-order valence-corrected chi connectivity index (χ1v) is 16.9. The molecule has 1 fully saturated rings. The van der Waals surface area contributed by atoms with Crippen LogP contribution in [0, 0.1) is 17.0 Å². The summed E-state index contributed by atoms with van der Waals surface area (Å²) in [4.78, 5) is 66.4. The van der Waals surface area contributed by atoms with Gasteiger partial charge in [-0.3, -0.25) is 23.6 Å². The molecule has 0 aliphatic carbocycles. The molecule has 5 rings (SSSR count). The quantitative estimate of drug-likeness (QED) is 0.206. The van der Waals surface area contributed by atoms with E-state index in [0.29, 0.717) is 18.4 Å². The van der Waals surface area contributed by atoms with Gasteiger partial charge in [0.1, 0.15) is 17.6 Å². The van der Waals surface area contributed by atoms with Gasteiger partial charge in [-0.25, -0.2) is 18.7 Å². The molecule has 14 heteroatoms. The summed E-state index contributed by atoms with van der Waals surface area (Å²) in [7, 11) is 1.65. The van der Waals surface area contributed by atoms with Crippen LogP contribution in [0.1, 0.15) is 60.5 Å². The lowest BCUT2D eigenvalue weighted by molar-refractivity contribution is -0.140.